The fraction of sp³-hybridized carbons (Fsp3) is 0.111. The molecule has 0 fully saturated rings. The summed E-state index contributed by atoms with van der Waals surface area (Å²) in [5, 5.41) is 5.42. The smallest absolute Gasteiger partial charge is 0.442 e. The summed E-state index contributed by atoms with van der Waals surface area (Å²) in [7, 11) is 1.56. The molecular formula is C18H17N4O5S+. The van der Waals surface area contributed by atoms with Crippen LogP contribution in [0, 0.1) is 0 Å². The predicted octanol–water partition coefficient (Wildman–Crippen LogP) is 1.08. The number of rotatable bonds is 7. The molecule has 0 saturated heterocycles. The molecule has 1 heterocycles. The van der Waals surface area contributed by atoms with Gasteiger partial charge in [0.05, 0.1) is 12.9 Å². The number of ether oxygens (including phenoxy) is 1. The van der Waals surface area contributed by atoms with Crippen molar-refractivity contribution in [1.82, 2.24) is 5.27 Å². The minimum Gasteiger partial charge on any atom is -0.497 e. The Morgan fingerprint density at radius 3 is 2.46 bits per heavy atom. The number of benzene rings is 2. The number of H-pyrrole nitrogens is 1. The molecule has 4 N–H and O–H groups in total. The first-order chi connectivity index (χ1) is 13.5. The number of nitrogens with zero attached hydrogens (tertiary/aromatic N) is 1. The number of nitrogens with one attached hydrogen (secondary N) is 2. The van der Waals surface area contributed by atoms with Gasteiger partial charge in [-0.05, 0) is 58.1 Å². The van der Waals surface area contributed by atoms with Gasteiger partial charge in [0.15, 0.2) is 0 Å². The van der Waals surface area contributed by atoms with E-state index in [0.717, 1.165) is 11.8 Å². The summed E-state index contributed by atoms with van der Waals surface area (Å²) < 4.78 is 11.4. The van der Waals surface area contributed by atoms with Crippen LogP contribution in [0.4, 0.5) is 5.69 Å². The largest absolute Gasteiger partial charge is 0.497 e. The molecule has 0 bridgehead atoms. The maximum Gasteiger partial charge on any atom is 0.442 e. The van der Waals surface area contributed by atoms with Gasteiger partial charge in [0, 0.05) is 23.4 Å². The van der Waals surface area contributed by atoms with E-state index in [0.29, 0.717) is 22.7 Å². The molecule has 0 aliphatic heterocycles. The van der Waals surface area contributed by atoms with Crippen molar-refractivity contribution in [2.45, 2.75) is 5.03 Å². The van der Waals surface area contributed by atoms with E-state index in [1.807, 2.05) is 0 Å². The van der Waals surface area contributed by atoms with Crippen molar-refractivity contribution in [1.29, 1.82) is 0 Å². The van der Waals surface area contributed by atoms with Crippen LogP contribution in [0.1, 0.15) is 10.4 Å². The Labute approximate surface area is 163 Å². The average molecular weight is 401 g/mol. The van der Waals surface area contributed by atoms with Crippen molar-refractivity contribution in [2.75, 3.05) is 18.2 Å². The summed E-state index contributed by atoms with van der Waals surface area (Å²) in [4.78, 5) is 35.2. The molecule has 2 amide bonds. The van der Waals surface area contributed by atoms with Crippen LogP contribution in [0.2, 0.25) is 0 Å². The van der Waals surface area contributed by atoms with Gasteiger partial charge in [0.1, 0.15) is 5.75 Å². The summed E-state index contributed by atoms with van der Waals surface area (Å²) >= 11 is 1.03. The minimum atomic E-state index is -0.584. The number of nitrogens with two attached hydrogens (primary N) is 1. The fourth-order valence-electron chi connectivity index (χ4n) is 2.34. The van der Waals surface area contributed by atoms with Crippen molar-refractivity contribution < 1.29 is 23.5 Å². The highest BCUT2D eigenvalue weighted by Crippen LogP contribution is 2.15. The van der Waals surface area contributed by atoms with Crippen LogP contribution in [0.25, 0.3) is 5.69 Å². The zero-order valence-electron chi connectivity index (χ0n) is 14.8. The number of carbonyl (C=O) groups excluding carboxylic acids is 2. The normalized spacial score (nSPS) is 10.5. The molecule has 144 valence electrons. The second-order valence-corrected chi connectivity index (χ2v) is 6.56. The molecule has 3 aromatic rings. The Balaban J connectivity index is 1.67. The lowest BCUT2D eigenvalue weighted by atomic mass is 10.2. The number of thioether (sulfide) groups is 1. The molecule has 0 aliphatic carbocycles. The van der Waals surface area contributed by atoms with Gasteiger partial charge in [0.2, 0.25) is 17.5 Å². The van der Waals surface area contributed by atoms with E-state index in [4.69, 9.17) is 15.0 Å². The monoisotopic (exact) mass is 401 g/mol. The highest BCUT2D eigenvalue weighted by Gasteiger charge is 2.25. The van der Waals surface area contributed by atoms with Gasteiger partial charge in [-0.3, -0.25) is 14.1 Å². The molecular weight excluding hydrogens is 384 g/mol. The topological polar surface area (TPSA) is 131 Å². The number of hydrogen-bond donors (Lipinski definition) is 3. The number of amides is 2. The van der Waals surface area contributed by atoms with Crippen LogP contribution in [-0.2, 0) is 4.79 Å². The second-order valence-electron chi connectivity index (χ2n) is 5.60. The van der Waals surface area contributed by atoms with Crippen molar-refractivity contribution >= 4 is 29.3 Å². The van der Waals surface area contributed by atoms with Gasteiger partial charge < -0.3 is 15.8 Å². The lowest BCUT2D eigenvalue weighted by molar-refractivity contribution is -0.704. The van der Waals surface area contributed by atoms with Crippen LogP contribution in [0.15, 0.2) is 62.9 Å². The number of anilines is 1. The van der Waals surface area contributed by atoms with Gasteiger partial charge in [-0.2, -0.15) is 0 Å². The van der Waals surface area contributed by atoms with E-state index in [1.165, 1.54) is 16.8 Å². The van der Waals surface area contributed by atoms with E-state index >= 15 is 0 Å². The first kappa shape index (κ1) is 19.2. The highest BCUT2D eigenvalue weighted by atomic mass is 32.2. The molecule has 0 unspecified atom stereocenters. The van der Waals surface area contributed by atoms with Gasteiger partial charge in [-0.15, -0.1) is 0 Å². The molecule has 2 aromatic carbocycles. The number of primary amides is 1. The van der Waals surface area contributed by atoms with Gasteiger partial charge >= 0.3 is 10.7 Å². The summed E-state index contributed by atoms with van der Waals surface area (Å²) in [5.41, 5.74) is 6.10. The lowest BCUT2D eigenvalue weighted by Gasteiger charge is -2.04. The van der Waals surface area contributed by atoms with Crippen LogP contribution >= 0.6 is 11.8 Å². The zero-order valence-corrected chi connectivity index (χ0v) is 15.6. The Hall–Kier alpha value is -3.53. The van der Waals surface area contributed by atoms with E-state index in [-0.39, 0.29) is 16.7 Å². The maximum atomic E-state index is 12.2. The third-order valence-corrected chi connectivity index (χ3v) is 4.76. The SMILES string of the molecule is COc1ccc(-[n+]2[nH]oc(=O)c2SCC(=O)Nc2ccc(C(N)=O)cc2)cc1. The molecule has 0 radical (unpaired) electrons. The molecule has 0 saturated carbocycles. The van der Waals surface area contributed by atoms with Crippen LogP contribution in [0.3, 0.4) is 0 Å². The highest BCUT2D eigenvalue weighted by molar-refractivity contribution is 7.99. The maximum absolute atomic E-state index is 12.2. The Kier molecular flexibility index (Phi) is 5.80. The molecule has 28 heavy (non-hydrogen) atoms. The Morgan fingerprint density at radius 1 is 1.18 bits per heavy atom. The van der Waals surface area contributed by atoms with Gasteiger partial charge in [-0.1, -0.05) is 0 Å². The molecule has 9 nitrogen and oxygen atoms in total. The number of methoxy groups -OCH3 is 1. The summed E-state index contributed by atoms with van der Waals surface area (Å²) in [6.45, 7) is 0. The van der Waals surface area contributed by atoms with Crippen LogP contribution in [0.5, 0.6) is 5.75 Å². The lowest BCUT2D eigenvalue weighted by Crippen LogP contribution is -2.36. The Morgan fingerprint density at radius 2 is 1.86 bits per heavy atom. The first-order valence-electron chi connectivity index (χ1n) is 8.08. The van der Waals surface area contributed by atoms with Crippen molar-refractivity contribution in [3.05, 3.63) is 64.5 Å². The van der Waals surface area contributed by atoms with E-state index < -0.39 is 11.5 Å². The molecule has 0 spiro atoms. The molecule has 1 aromatic heterocycles. The number of aromatic nitrogens is 2. The summed E-state index contributed by atoms with van der Waals surface area (Å²) in [5.74, 6) is -0.211. The fourth-order valence-corrected chi connectivity index (χ4v) is 3.11. The Bertz CT molecular complexity index is 1040. The first-order valence-corrected chi connectivity index (χ1v) is 9.07. The second kappa shape index (κ2) is 8.44. The van der Waals surface area contributed by atoms with Gasteiger partial charge in [0.25, 0.3) is 0 Å². The number of aromatic amines is 1. The van der Waals surface area contributed by atoms with E-state index in [9.17, 15) is 14.4 Å². The standard InChI is InChI=1S/C18H16N4O5S/c1-26-14-8-6-13(7-9-14)22-17(18(25)27-21-22)28-10-15(23)20-12-4-2-11(3-5-12)16(19)24/h2-9H,10H2,1H3,(H3-,19,20,21,23,24,25)/p+1. The van der Waals surface area contributed by atoms with Crippen molar-refractivity contribution in [3.8, 4) is 11.4 Å². The average Bonchev–Trinajstić information content (AvgIpc) is 3.07. The van der Waals surface area contributed by atoms with Crippen LogP contribution in [-0.4, -0.2) is 29.9 Å². The predicted molar refractivity (Wildman–Crippen MR) is 102 cm³/mol. The zero-order chi connectivity index (χ0) is 20.1. The van der Waals surface area contributed by atoms with Gasteiger partial charge in [-0.25, -0.2) is 4.79 Å². The molecule has 10 heteroatoms. The third-order valence-electron chi connectivity index (χ3n) is 3.73. The third kappa shape index (κ3) is 4.41. The molecule has 0 atom stereocenters. The number of carbonyl (C=O) groups is 2. The van der Waals surface area contributed by atoms with Crippen molar-refractivity contribution in [3.63, 3.8) is 0 Å². The quantitative estimate of drug-likeness (QED) is 0.401. The minimum absolute atomic E-state index is 0.0175. The van der Waals surface area contributed by atoms with E-state index in [1.54, 1.807) is 43.5 Å². The molecule has 0 aliphatic rings. The van der Waals surface area contributed by atoms with Crippen molar-refractivity contribution in [2.24, 2.45) is 5.73 Å². The molecule has 3 rings (SSSR count). The van der Waals surface area contributed by atoms with Crippen LogP contribution < -0.4 is 26.1 Å². The van der Waals surface area contributed by atoms with E-state index in [2.05, 4.69) is 10.6 Å². The number of hydrogen-bond acceptors (Lipinski definition) is 6. The summed E-state index contributed by atoms with van der Waals surface area (Å²) in [6, 6.07) is 13.2. The summed E-state index contributed by atoms with van der Waals surface area (Å²) in [6.07, 6.45) is 0.